The first kappa shape index (κ1) is 21.8. The zero-order valence-electron chi connectivity index (χ0n) is 18.5. The average molecular weight is 434 g/mol. The van der Waals surface area contributed by atoms with Gasteiger partial charge in [0.1, 0.15) is 11.2 Å². The number of furan rings is 1. The van der Waals surface area contributed by atoms with Crippen molar-refractivity contribution in [2.75, 3.05) is 6.61 Å². The lowest BCUT2D eigenvalue weighted by atomic mass is 9.98. The van der Waals surface area contributed by atoms with Crippen molar-refractivity contribution in [2.24, 2.45) is 0 Å². The van der Waals surface area contributed by atoms with Gasteiger partial charge in [0.25, 0.3) is 0 Å². The van der Waals surface area contributed by atoms with Crippen LogP contribution in [-0.2, 0) is 17.6 Å². The standard InChI is InChI=1S/C26H27NO5/c1-15-14-31-24-17(3)25-22(12-21(15)24)16(2)20(26(30)32-25)9-10-23(29)27-19(13-28)11-18-7-5-4-6-8-18/h4-8,12,14,19,28H,9-11,13H2,1-3H3,(H,27,29)/t19-/m1/s1. The van der Waals surface area contributed by atoms with Gasteiger partial charge in [-0.1, -0.05) is 30.3 Å². The average Bonchev–Trinajstić information content (AvgIpc) is 3.16. The zero-order chi connectivity index (χ0) is 22.8. The normalized spacial score (nSPS) is 12.4. The van der Waals surface area contributed by atoms with Crippen LogP contribution >= 0.6 is 0 Å². The third-order valence-corrected chi connectivity index (χ3v) is 6.05. The van der Waals surface area contributed by atoms with Gasteiger partial charge in [0, 0.05) is 28.3 Å². The van der Waals surface area contributed by atoms with Crippen molar-refractivity contribution in [1.82, 2.24) is 5.32 Å². The van der Waals surface area contributed by atoms with E-state index in [1.165, 1.54) is 0 Å². The van der Waals surface area contributed by atoms with Gasteiger partial charge in [-0.2, -0.15) is 0 Å². The van der Waals surface area contributed by atoms with E-state index in [0.717, 1.165) is 38.6 Å². The topological polar surface area (TPSA) is 92.7 Å². The molecule has 0 spiro atoms. The van der Waals surface area contributed by atoms with Crippen LogP contribution in [0.2, 0.25) is 0 Å². The van der Waals surface area contributed by atoms with E-state index >= 15 is 0 Å². The Balaban J connectivity index is 1.53. The lowest BCUT2D eigenvalue weighted by molar-refractivity contribution is -0.122. The van der Waals surface area contributed by atoms with Crippen molar-refractivity contribution >= 4 is 27.8 Å². The van der Waals surface area contributed by atoms with Gasteiger partial charge in [-0.15, -0.1) is 0 Å². The van der Waals surface area contributed by atoms with Gasteiger partial charge in [-0.3, -0.25) is 4.79 Å². The summed E-state index contributed by atoms with van der Waals surface area (Å²) in [6.45, 7) is 5.59. The second-order valence-electron chi connectivity index (χ2n) is 8.30. The molecule has 166 valence electrons. The molecule has 0 radical (unpaired) electrons. The molecule has 0 saturated carbocycles. The summed E-state index contributed by atoms with van der Waals surface area (Å²) >= 11 is 0. The van der Waals surface area contributed by atoms with E-state index in [0.29, 0.717) is 17.6 Å². The van der Waals surface area contributed by atoms with E-state index in [4.69, 9.17) is 8.83 Å². The van der Waals surface area contributed by atoms with E-state index in [1.807, 2.05) is 57.2 Å². The third kappa shape index (κ3) is 4.18. The van der Waals surface area contributed by atoms with Crippen LogP contribution in [0.25, 0.3) is 21.9 Å². The van der Waals surface area contributed by atoms with Crippen molar-refractivity contribution in [1.29, 1.82) is 0 Å². The fraction of sp³-hybridized carbons (Fsp3) is 0.308. The Morgan fingerprint density at radius 3 is 2.53 bits per heavy atom. The number of amides is 1. The molecule has 0 aliphatic rings. The maximum atomic E-state index is 12.7. The Hall–Kier alpha value is -3.38. The van der Waals surface area contributed by atoms with E-state index in [2.05, 4.69) is 5.32 Å². The number of aryl methyl sites for hydroxylation is 3. The first-order valence-corrected chi connectivity index (χ1v) is 10.8. The highest BCUT2D eigenvalue weighted by molar-refractivity contribution is 5.99. The monoisotopic (exact) mass is 433 g/mol. The smallest absolute Gasteiger partial charge is 0.339 e. The van der Waals surface area contributed by atoms with Gasteiger partial charge in [-0.25, -0.2) is 4.79 Å². The number of carbonyl (C=O) groups is 1. The van der Waals surface area contributed by atoms with Gasteiger partial charge in [0.15, 0.2) is 0 Å². The predicted molar refractivity (Wildman–Crippen MR) is 124 cm³/mol. The molecule has 0 unspecified atom stereocenters. The Morgan fingerprint density at radius 1 is 1.06 bits per heavy atom. The van der Waals surface area contributed by atoms with E-state index in [-0.39, 0.29) is 31.4 Å². The number of nitrogens with one attached hydrogen (secondary N) is 1. The molecule has 0 bridgehead atoms. The summed E-state index contributed by atoms with van der Waals surface area (Å²) in [7, 11) is 0. The molecule has 6 nitrogen and oxygen atoms in total. The van der Waals surface area contributed by atoms with Crippen LogP contribution in [0.15, 0.2) is 56.3 Å². The van der Waals surface area contributed by atoms with Crippen molar-refractivity contribution in [3.05, 3.63) is 80.9 Å². The van der Waals surface area contributed by atoms with Crippen molar-refractivity contribution in [3.8, 4) is 0 Å². The van der Waals surface area contributed by atoms with Crippen molar-refractivity contribution < 1.29 is 18.7 Å². The summed E-state index contributed by atoms with van der Waals surface area (Å²) in [5.41, 5.74) is 4.97. The Kier molecular flexibility index (Phi) is 6.15. The Bertz CT molecular complexity index is 1330. The highest BCUT2D eigenvalue weighted by atomic mass is 16.4. The molecule has 4 aromatic rings. The summed E-state index contributed by atoms with van der Waals surface area (Å²) in [6, 6.07) is 11.3. The van der Waals surface area contributed by atoms with Crippen molar-refractivity contribution in [2.45, 2.75) is 46.1 Å². The summed E-state index contributed by atoms with van der Waals surface area (Å²) in [4.78, 5) is 25.2. The third-order valence-electron chi connectivity index (χ3n) is 6.05. The number of fused-ring (bicyclic) bond motifs is 2. The highest BCUT2D eigenvalue weighted by Crippen LogP contribution is 2.32. The van der Waals surface area contributed by atoms with Gasteiger partial charge < -0.3 is 19.3 Å². The van der Waals surface area contributed by atoms with Gasteiger partial charge >= 0.3 is 5.63 Å². The fourth-order valence-electron chi connectivity index (χ4n) is 4.21. The molecular formula is C26H27NO5. The van der Waals surface area contributed by atoms with Crippen LogP contribution in [0.1, 0.15) is 34.2 Å². The summed E-state index contributed by atoms with van der Waals surface area (Å²) in [5, 5.41) is 14.4. The van der Waals surface area contributed by atoms with Crippen LogP contribution in [-0.4, -0.2) is 23.7 Å². The number of hydrogen-bond acceptors (Lipinski definition) is 5. The molecule has 0 saturated heterocycles. The molecule has 0 aliphatic heterocycles. The number of rotatable bonds is 7. The largest absolute Gasteiger partial charge is 0.464 e. The quantitative estimate of drug-likeness (QED) is 0.428. The van der Waals surface area contributed by atoms with Gasteiger partial charge in [0.2, 0.25) is 5.91 Å². The van der Waals surface area contributed by atoms with Gasteiger partial charge in [0.05, 0.1) is 18.9 Å². The molecule has 0 aliphatic carbocycles. The molecule has 6 heteroatoms. The molecule has 2 aromatic carbocycles. The minimum Gasteiger partial charge on any atom is -0.464 e. The summed E-state index contributed by atoms with van der Waals surface area (Å²) in [5.74, 6) is -0.212. The molecule has 32 heavy (non-hydrogen) atoms. The molecule has 1 atom stereocenters. The second kappa shape index (κ2) is 9.01. The minimum atomic E-state index is -0.434. The Morgan fingerprint density at radius 2 is 1.81 bits per heavy atom. The predicted octanol–water partition coefficient (Wildman–Crippen LogP) is 4.12. The SMILES string of the molecule is Cc1coc2c(C)c3oc(=O)c(CCC(=O)N[C@@H](CO)Cc4ccccc4)c(C)c3cc12. The molecule has 2 aromatic heterocycles. The fourth-order valence-corrected chi connectivity index (χ4v) is 4.21. The van der Waals surface area contributed by atoms with E-state index in [1.54, 1.807) is 6.26 Å². The number of aliphatic hydroxyl groups excluding tert-OH is 1. The van der Waals surface area contributed by atoms with Crippen LogP contribution in [0.5, 0.6) is 0 Å². The maximum absolute atomic E-state index is 12.7. The number of aliphatic hydroxyl groups is 1. The minimum absolute atomic E-state index is 0.133. The maximum Gasteiger partial charge on any atom is 0.339 e. The number of hydrogen-bond donors (Lipinski definition) is 2. The highest BCUT2D eigenvalue weighted by Gasteiger charge is 2.19. The van der Waals surface area contributed by atoms with Crippen LogP contribution in [0, 0.1) is 20.8 Å². The molecule has 4 rings (SSSR count). The van der Waals surface area contributed by atoms with Crippen molar-refractivity contribution in [3.63, 3.8) is 0 Å². The number of carbonyl (C=O) groups excluding carboxylic acids is 1. The number of benzene rings is 2. The first-order valence-electron chi connectivity index (χ1n) is 10.8. The molecule has 0 fully saturated rings. The second-order valence-corrected chi connectivity index (χ2v) is 8.30. The Labute approximate surface area is 185 Å². The van der Waals surface area contributed by atoms with Gasteiger partial charge in [-0.05, 0) is 56.4 Å². The molecule has 2 heterocycles. The lowest BCUT2D eigenvalue weighted by Gasteiger charge is -2.16. The molecular weight excluding hydrogens is 406 g/mol. The first-order chi connectivity index (χ1) is 15.4. The summed E-state index contributed by atoms with van der Waals surface area (Å²) in [6.07, 6.45) is 2.64. The van der Waals surface area contributed by atoms with E-state index in [9.17, 15) is 14.7 Å². The van der Waals surface area contributed by atoms with Crippen LogP contribution < -0.4 is 10.9 Å². The molecule has 2 N–H and O–H groups in total. The van der Waals surface area contributed by atoms with Crippen LogP contribution in [0.4, 0.5) is 0 Å². The zero-order valence-corrected chi connectivity index (χ0v) is 18.5. The molecule has 1 amide bonds. The van der Waals surface area contributed by atoms with E-state index < -0.39 is 5.63 Å². The summed E-state index contributed by atoms with van der Waals surface area (Å²) < 4.78 is 11.3. The lowest BCUT2D eigenvalue weighted by Crippen LogP contribution is -2.39. The van der Waals surface area contributed by atoms with Crippen LogP contribution in [0.3, 0.4) is 0 Å².